The first-order valence-corrected chi connectivity index (χ1v) is 5.83. The molecule has 0 saturated heterocycles. The van der Waals surface area contributed by atoms with Gasteiger partial charge in [0.05, 0.1) is 4.90 Å². The molecule has 0 bridgehead atoms. The minimum absolute atomic E-state index is 0.398. The molecular weight excluding hydrogens is 184 g/mol. The maximum absolute atomic E-state index is 11.3. The Balaban J connectivity index is 3.28. The minimum atomic E-state index is -3.10. The van der Waals surface area contributed by atoms with Crippen molar-refractivity contribution in [2.24, 2.45) is 0 Å². The van der Waals surface area contributed by atoms with Crippen molar-refractivity contribution in [1.29, 1.82) is 0 Å². The summed E-state index contributed by atoms with van der Waals surface area (Å²) in [5.41, 5.74) is 0.806. The van der Waals surface area contributed by atoms with Crippen LogP contribution in [0.25, 0.3) is 0 Å². The lowest BCUT2D eigenvalue weighted by atomic mass is 10.1. The molecule has 70 valence electrons. The zero-order valence-corrected chi connectivity index (χ0v) is 8.34. The van der Waals surface area contributed by atoms with Crippen LogP contribution in [0.5, 0.6) is 0 Å². The van der Waals surface area contributed by atoms with E-state index in [1.807, 2.05) is 6.07 Å². The second kappa shape index (κ2) is 3.75. The summed E-state index contributed by atoms with van der Waals surface area (Å²) in [6.45, 7) is 3.58. The van der Waals surface area contributed by atoms with E-state index in [0.717, 1.165) is 5.56 Å². The number of benzene rings is 1. The molecule has 0 fully saturated rings. The second-order valence-corrected chi connectivity index (χ2v) is 4.86. The van der Waals surface area contributed by atoms with Gasteiger partial charge in [-0.1, -0.05) is 24.3 Å². The Labute approximate surface area is 78.8 Å². The molecule has 2 nitrogen and oxygen atoms in total. The molecule has 3 heteroatoms. The third-order valence-electron chi connectivity index (χ3n) is 1.74. The normalized spacial score (nSPS) is 11.2. The van der Waals surface area contributed by atoms with E-state index in [2.05, 4.69) is 6.58 Å². The summed E-state index contributed by atoms with van der Waals surface area (Å²) in [4.78, 5) is 0.398. The number of rotatable bonds is 3. The Hall–Kier alpha value is -1.09. The highest BCUT2D eigenvalue weighted by Crippen LogP contribution is 2.15. The van der Waals surface area contributed by atoms with Crippen LogP contribution in [0, 0.1) is 0 Å². The van der Waals surface area contributed by atoms with Gasteiger partial charge in [0.2, 0.25) is 0 Å². The van der Waals surface area contributed by atoms with Gasteiger partial charge in [-0.15, -0.1) is 6.58 Å². The molecule has 0 N–H and O–H groups in total. The minimum Gasteiger partial charge on any atom is -0.224 e. The van der Waals surface area contributed by atoms with Crippen molar-refractivity contribution in [3.63, 3.8) is 0 Å². The Morgan fingerprint density at radius 1 is 1.38 bits per heavy atom. The maximum Gasteiger partial charge on any atom is 0.175 e. The van der Waals surface area contributed by atoms with E-state index in [-0.39, 0.29) is 0 Å². The molecule has 0 aliphatic heterocycles. The van der Waals surface area contributed by atoms with Crippen molar-refractivity contribution in [1.82, 2.24) is 0 Å². The Morgan fingerprint density at radius 3 is 2.54 bits per heavy atom. The maximum atomic E-state index is 11.3. The number of hydrogen-bond acceptors (Lipinski definition) is 2. The van der Waals surface area contributed by atoms with Gasteiger partial charge in [-0.2, -0.15) is 0 Å². The van der Waals surface area contributed by atoms with E-state index < -0.39 is 9.84 Å². The molecular formula is C10H12O2S. The summed E-state index contributed by atoms with van der Waals surface area (Å²) in [6, 6.07) is 6.97. The monoisotopic (exact) mass is 196 g/mol. The Kier molecular flexibility index (Phi) is 2.88. The highest BCUT2D eigenvalue weighted by Gasteiger charge is 2.10. The van der Waals surface area contributed by atoms with Crippen LogP contribution in [-0.4, -0.2) is 14.7 Å². The van der Waals surface area contributed by atoms with Gasteiger partial charge in [0.15, 0.2) is 9.84 Å². The topological polar surface area (TPSA) is 34.1 Å². The highest BCUT2D eigenvalue weighted by atomic mass is 32.2. The van der Waals surface area contributed by atoms with Crippen LogP contribution in [0.15, 0.2) is 41.8 Å². The quantitative estimate of drug-likeness (QED) is 0.691. The van der Waals surface area contributed by atoms with Crippen LogP contribution in [0.3, 0.4) is 0 Å². The zero-order chi connectivity index (χ0) is 9.90. The zero-order valence-electron chi connectivity index (χ0n) is 7.53. The lowest BCUT2D eigenvalue weighted by Gasteiger charge is -2.04. The first kappa shape index (κ1) is 9.99. The summed E-state index contributed by atoms with van der Waals surface area (Å²) in [5.74, 6) is 0. The van der Waals surface area contributed by atoms with Gasteiger partial charge in [-0.25, -0.2) is 8.42 Å². The van der Waals surface area contributed by atoms with E-state index in [0.29, 0.717) is 11.3 Å². The molecule has 0 aliphatic carbocycles. The lowest BCUT2D eigenvalue weighted by Crippen LogP contribution is -2.01. The van der Waals surface area contributed by atoms with Gasteiger partial charge in [-0.3, -0.25) is 0 Å². The van der Waals surface area contributed by atoms with Gasteiger partial charge in [0.1, 0.15) is 0 Å². The van der Waals surface area contributed by atoms with Crippen LogP contribution in [0.4, 0.5) is 0 Å². The van der Waals surface area contributed by atoms with Crippen LogP contribution >= 0.6 is 0 Å². The standard InChI is InChI=1S/C10H12O2S/c1-3-6-9-7-4-5-8-10(9)13(2,11)12/h3-5,7-8H,1,6H2,2H3. The fourth-order valence-electron chi connectivity index (χ4n) is 1.19. The fourth-order valence-corrected chi connectivity index (χ4v) is 2.14. The van der Waals surface area contributed by atoms with E-state index in [9.17, 15) is 8.42 Å². The van der Waals surface area contributed by atoms with Crippen molar-refractivity contribution < 1.29 is 8.42 Å². The molecule has 1 aromatic carbocycles. The van der Waals surface area contributed by atoms with E-state index >= 15 is 0 Å². The second-order valence-electron chi connectivity index (χ2n) is 2.87. The highest BCUT2D eigenvalue weighted by molar-refractivity contribution is 7.90. The number of allylic oxidation sites excluding steroid dienone is 1. The average molecular weight is 196 g/mol. The predicted octanol–water partition coefficient (Wildman–Crippen LogP) is 1.82. The third-order valence-corrected chi connectivity index (χ3v) is 2.93. The van der Waals surface area contributed by atoms with Gasteiger partial charge >= 0.3 is 0 Å². The molecule has 0 aliphatic rings. The van der Waals surface area contributed by atoms with Crippen LogP contribution in [-0.2, 0) is 16.3 Å². The van der Waals surface area contributed by atoms with Crippen LogP contribution in [0.2, 0.25) is 0 Å². The van der Waals surface area contributed by atoms with E-state index in [4.69, 9.17) is 0 Å². The van der Waals surface area contributed by atoms with Crippen molar-refractivity contribution in [3.05, 3.63) is 42.5 Å². The van der Waals surface area contributed by atoms with E-state index in [1.54, 1.807) is 24.3 Å². The predicted molar refractivity (Wildman–Crippen MR) is 53.5 cm³/mol. The largest absolute Gasteiger partial charge is 0.224 e. The van der Waals surface area contributed by atoms with Crippen LogP contribution in [0.1, 0.15) is 5.56 Å². The number of sulfone groups is 1. The van der Waals surface area contributed by atoms with Gasteiger partial charge in [-0.05, 0) is 18.1 Å². The molecule has 0 unspecified atom stereocenters. The summed E-state index contributed by atoms with van der Waals surface area (Å²) >= 11 is 0. The average Bonchev–Trinajstić information content (AvgIpc) is 2.04. The summed E-state index contributed by atoms with van der Waals surface area (Å²) in [6.07, 6.45) is 3.50. The fraction of sp³-hybridized carbons (Fsp3) is 0.200. The summed E-state index contributed by atoms with van der Waals surface area (Å²) in [5, 5.41) is 0. The SMILES string of the molecule is C=CCc1ccccc1S(C)(=O)=O. The first-order chi connectivity index (χ1) is 6.05. The molecule has 0 amide bonds. The van der Waals surface area contributed by atoms with Crippen molar-refractivity contribution >= 4 is 9.84 Å². The molecule has 0 radical (unpaired) electrons. The third kappa shape index (κ3) is 2.42. The van der Waals surface area contributed by atoms with E-state index in [1.165, 1.54) is 6.26 Å². The Morgan fingerprint density at radius 2 is 2.00 bits per heavy atom. The molecule has 0 aromatic heterocycles. The van der Waals surface area contributed by atoms with Gasteiger partial charge in [0, 0.05) is 6.26 Å². The molecule has 0 spiro atoms. The molecule has 0 heterocycles. The summed E-state index contributed by atoms with van der Waals surface area (Å²) in [7, 11) is -3.10. The van der Waals surface area contributed by atoms with Crippen molar-refractivity contribution in [3.8, 4) is 0 Å². The molecule has 1 rings (SSSR count). The number of hydrogen-bond donors (Lipinski definition) is 0. The molecule has 0 saturated carbocycles. The Bertz CT molecular complexity index is 405. The molecule has 1 aromatic rings. The first-order valence-electron chi connectivity index (χ1n) is 3.94. The lowest BCUT2D eigenvalue weighted by molar-refractivity contribution is 0.601. The van der Waals surface area contributed by atoms with Gasteiger partial charge < -0.3 is 0 Å². The summed E-state index contributed by atoms with van der Waals surface area (Å²) < 4.78 is 22.6. The van der Waals surface area contributed by atoms with Gasteiger partial charge in [0.25, 0.3) is 0 Å². The van der Waals surface area contributed by atoms with Crippen molar-refractivity contribution in [2.45, 2.75) is 11.3 Å². The van der Waals surface area contributed by atoms with Crippen LogP contribution < -0.4 is 0 Å². The molecule has 0 atom stereocenters. The van der Waals surface area contributed by atoms with Crippen molar-refractivity contribution in [2.75, 3.05) is 6.26 Å². The smallest absolute Gasteiger partial charge is 0.175 e. The molecule has 13 heavy (non-hydrogen) atoms.